The quantitative estimate of drug-likeness (QED) is 0.110. The zero-order valence-corrected chi connectivity index (χ0v) is 28.7. The van der Waals surface area contributed by atoms with Crippen LogP contribution in [0.15, 0.2) is 0 Å². The summed E-state index contributed by atoms with van der Waals surface area (Å²) < 4.78 is 62.6. The predicted octanol–water partition coefficient (Wildman–Crippen LogP) is -1.52. The van der Waals surface area contributed by atoms with Crippen LogP contribution in [-0.2, 0) is 38.0 Å². The molecule has 0 amide bonds. The molecular weight excluding hydrogens is 725 g/mol. The fraction of sp³-hybridized carbons (Fsp3) is 0.938. The van der Waals surface area contributed by atoms with Gasteiger partial charge < -0.3 is 0 Å². The first-order chi connectivity index (χ1) is 23.5. The Hall–Kier alpha value is -1.08. The number of alkyl halides is 2. The van der Waals surface area contributed by atoms with Crippen LogP contribution < -0.4 is 0 Å². The van der Waals surface area contributed by atoms with E-state index in [0.717, 1.165) is 0 Å². The molecule has 4 saturated heterocycles. The van der Waals surface area contributed by atoms with Crippen LogP contribution in [0, 0.1) is 23.7 Å². The summed E-state index contributed by atoms with van der Waals surface area (Å²) in [5.74, 6) is -2.82. The molecule has 6 fully saturated rings. The number of esters is 2. The van der Waals surface area contributed by atoms with E-state index in [4.69, 9.17) is 28.4 Å². The van der Waals surface area contributed by atoms with Crippen molar-refractivity contribution < 1.29 is 77.4 Å². The summed E-state index contributed by atoms with van der Waals surface area (Å²) in [4.78, 5) is 25.4. The molecule has 49 heavy (non-hydrogen) atoms. The Kier molecular flexibility index (Phi) is 12.5. The molecule has 10 unspecified atom stereocenters. The Bertz CT molecular complexity index is 1060. The summed E-state index contributed by atoms with van der Waals surface area (Å²) >= 11 is -1.01. The maximum absolute atomic E-state index is 14.0. The number of carbonyl (C=O) groups excluding carboxylic acids is 2. The van der Waals surface area contributed by atoms with Crippen LogP contribution in [0.3, 0.4) is 0 Å². The van der Waals surface area contributed by atoms with Gasteiger partial charge in [-0.1, -0.05) is 0 Å². The second-order valence-electron chi connectivity index (χ2n) is 14.3. The first-order valence-electron chi connectivity index (χ1n) is 17.3. The summed E-state index contributed by atoms with van der Waals surface area (Å²) in [7, 11) is 0. The number of ether oxygens (including phenoxy) is 6. The summed E-state index contributed by atoms with van der Waals surface area (Å²) in [6.07, 6.45) is -10.9. The van der Waals surface area contributed by atoms with Gasteiger partial charge in [0.05, 0.1) is 0 Å². The Morgan fingerprint density at radius 1 is 0.633 bits per heavy atom. The van der Waals surface area contributed by atoms with Crippen molar-refractivity contribution in [1.82, 2.24) is 0 Å². The number of rotatable bonds is 10. The Morgan fingerprint density at radius 2 is 1.04 bits per heavy atom. The molecule has 280 valence electrons. The van der Waals surface area contributed by atoms with E-state index in [1.807, 2.05) is 0 Å². The van der Waals surface area contributed by atoms with Crippen LogP contribution in [0.4, 0.5) is 8.78 Å². The Morgan fingerprint density at radius 3 is 1.43 bits per heavy atom. The first kappa shape index (κ1) is 37.7. The van der Waals surface area contributed by atoms with Crippen LogP contribution in [0.5, 0.6) is 0 Å². The predicted molar refractivity (Wildman–Crippen MR) is 161 cm³/mol. The van der Waals surface area contributed by atoms with Gasteiger partial charge in [-0.15, -0.1) is 0 Å². The molecule has 17 heteroatoms. The molecule has 0 aromatic heterocycles. The van der Waals surface area contributed by atoms with E-state index in [9.17, 15) is 49.0 Å². The molecule has 4 heterocycles. The Labute approximate surface area is 288 Å². The van der Waals surface area contributed by atoms with Gasteiger partial charge in [0.1, 0.15) is 0 Å². The molecule has 14 nitrogen and oxygen atoms in total. The molecule has 0 aromatic rings. The van der Waals surface area contributed by atoms with Gasteiger partial charge in [-0.2, -0.15) is 0 Å². The molecule has 6 rings (SSSR count). The van der Waals surface area contributed by atoms with Crippen molar-refractivity contribution in [2.75, 3.05) is 26.4 Å². The second kappa shape index (κ2) is 16.3. The molecule has 0 aromatic carbocycles. The van der Waals surface area contributed by atoms with Gasteiger partial charge in [-0.05, 0) is 0 Å². The molecule has 6 N–H and O–H groups in total. The monoisotopic (exact) mass is 774 g/mol. The van der Waals surface area contributed by atoms with Crippen LogP contribution >= 0.6 is 0 Å². The SMILES string of the molecule is O=C1OC2CCC(F)CC2CC1CO[C@H]1[C@@H](O)[C@@H](CO)OC([Se][C@@H]2O[C@H](CO)[C@H](O)[C@H](OCC3CC4CC(F)CCC4OC3=O)C2O)[C@@H]1O. The summed E-state index contributed by atoms with van der Waals surface area (Å²) in [5.41, 5.74) is 0. The van der Waals surface area contributed by atoms with Gasteiger partial charge in [0, 0.05) is 0 Å². The van der Waals surface area contributed by atoms with E-state index in [-0.39, 0.29) is 50.1 Å². The van der Waals surface area contributed by atoms with Crippen molar-refractivity contribution in [3.63, 3.8) is 0 Å². The van der Waals surface area contributed by atoms with Gasteiger partial charge in [-0.3, -0.25) is 0 Å². The topological polar surface area (TPSA) is 211 Å². The van der Waals surface area contributed by atoms with Crippen LogP contribution in [0.1, 0.15) is 51.4 Å². The number of carbonyl (C=O) groups is 2. The van der Waals surface area contributed by atoms with Crippen molar-refractivity contribution in [2.45, 2.75) is 135 Å². The number of fused-ring (bicyclic) bond motifs is 2. The molecule has 0 radical (unpaired) electrons. The van der Waals surface area contributed by atoms with Crippen molar-refractivity contribution in [2.24, 2.45) is 23.7 Å². The van der Waals surface area contributed by atoms with E-state index in [1.165, 1.54) is 0 Å². The number of hydrogen-bond donors (Lipinski definition) is 6. The van der Waals surface area contributed by atoms with E-state index in [1.54, 1.807) is 0 Å². The van der Waals surface area contributed by atoms with E-state index in [2.05, 4.69) is 0 Å². The third kappa shape index (κ3) is 8.28. The number of aliphatic hydroxyl groups is 6. The molecule has 2 aliphatic carbocycles. The fourth-order valence-corrected chi connectivity index (χ4v) is 10.9. The van der Waals surface area contributed by atoms with E-state index >= 15 is 0 Å². The maximum atomic E-state index is 14.0. The average Bonchev–Trinajstić information content (AvgIpc) is 3.07. The van der Waals surface area contributed by atoms with E-state index in [0.29, 0.717) is 38.5 Å². The van der Waals surface area contributed by atoms with Gasteiger partial charge in [0.15, 0.2) is 0 Å². The number of hydrogen-bond acceptors (Lipinski definition) is 14. The number of halogens is 2. The molecule has 4 aliphatic heterocycles. The summed E-state index contributed by atoms with van der Waals surface area (Å²) in [6, 6.07) is 0. The Balaban J connectivity index is 1.08. The van der Waals surface area contributed by atoms with Crippen molar-refractivity contribution in [1.29, 1.82) is 0 Å². The molecular formula is C32H48F2O14Se. The van der Waals surface area contributed by atoms with E-state index < -0.39 is 123 Å². The first-order valence-corrected chi connectivity index (χ1v) is 19.3. The zero-order valence-electron chi connectivity index (χ0n) is 27.0. The standard InChI is InChI=1S/C32H48F2O14Se/c33-17-1-3-19-13(7-17)5-15(29(41)45-19)11-43-27-23(37)21(9-35)47-31(25(27)39)49-32-26(40)28(24(38)22(10-36)48-32)44-12-16-6-14-8-18(34)2-4-20(14)46-30(16)42/h13-28,31-32,35-40H,1-12H2/t13?,14?,15?,16?,17?,18?,19?,20?,21-,22-,23+,24+,25-,26?,27+,28+,31?,32+/m1/s1. The van der Waals surface area contributed by atoms with Crippen LogP contribution in [0.25, 0.3) is 0 Å². The van der Waals surface area contributed by atoms with Crippen molar-refractivity contribution in [3.8, 4) is 0 Å². The number of aliphatic hydroxyl groups excluding tert-OH is 6. The molecule has 0 spiro atoms. The molecule has 18 atom stereocenters. The van der Waals surface area contributed by atoms with Gasteiger partial charge in [0.2, 0.25) is 0 Å². The zero-order chi connectivity index (χ0) is 35.0. The normalized spacial score (nSPS) is 49.0. The van der Waals surface area contributed by atoms with Gasteiger partial charge in [-0.25, -0.2) is 0 Å². The minimum absolute atomic E-state index is 0.161. The molecule has 0 bridgehead atoms. The second-order valence-corrected chi connectivity index (χ2v) is 16.8. The fourth-order valence-electron chi connectivity index (χ4n) is 8.16. The average molecular weight is 774 g/mol. The summed E-state index contributed by atoms with van der Waals surface area (Å²) in [5, 5.41) is 62.1. The minimum atomic E-state index is -1.51. The summed E-state index contributed by atoms with van der Waals surface area (Å²) in [6.45, 7) is -1.75. The van der Waals surface area contributed by atoms with Gasteiger partial charge >= 0.3 is 289 Å². The van der Waals surface area contributed by atoms with Crippen molar-refractivity contribution in [3.05, 3.63) is 0 Å². The molecule has 2 saturated carbocycles. The van der Waals surface area contributed by atoms with Crippen molar-refractivity contribution >= 4 is 26.9 Å². The molecule has 6 aliphatic rings. The van der Waals surface area contributed by atoms with Crippen LogP contribution in [-0.4, -0.2) is 167 Å². The van der Waals surface area contributed by atoms with Gasteiger partial charge in [0.25, 0.3) is 0 Å². The van der Waals surface area contributed by atoms with Crippen LogP contribution in [0.2, 0.25) is 0 Å². The third-order valence-corrected chi connectivity index (χ3v) is 13.7. The third-order valence-electron chi connectivity index (χ3n) is 11.0.